The molecule has 2 radical (unpaired) electrons. The Balaban J connectivity index is 0. The molecule has 0 aliphatic heterocycles. The van der Waals surface area contributed by atoms with Crippen LogP contribution in [0, 0.1) is 5.41 Å². The molecule has 0 atom stereocenters. The summed E-state index contributed by atoms with van der Waals surface area (Å²) in [4.78, 5) is 0. The lowest BCUT2D eigenvalue weighted by Crippen LogP contribution is -2.32. The molecule has 0 saturated heterocycles. The maximum absolute atomic E-state index is 8.66. The van der Waals surface area contributed by atoms with Crippen LogP contribution in [0.25, 0.3) is 0 Å². The molecule has 0 heterocycles. The summed E-state index contributed by atoms with van der Waals surface area (Å²) in [5.74, 6) is 0. The average molecular weight is 162 g/mol. The summed E-state index contributed by atoms with van der Waals surface area (Å²) in [6, 6.07) is 0. The SMILES string of the molecule is CCC(CO)(CO)CO.[B]O. The van der Waals surface area contributed by atoms with Gasteiger partial charge >= 0.3 is 0 Å². The average Bonchev–Trinajstić information content (AvgIpc) is 2.13. The Morgan fingerprint density at radius 1 is 1.00 bits per heavy atom. The van der Waals surface area contributed by atoms with E-state index in [0.717, 1.165) is 0 Å². The largest absolute Gasteiger partial charge is 0.461 e. The van der Waals surface area contributed by atoms with E-state index in [4.69, 9.17) is 20.3 Å². The predicted molar refractivity (Wildman–Crippen MR) is 42.0 cm³/mol. The molecule has 0 aromatic rings. The number of hydrogen-bond acceptors (Lipinski definition) is 4. The normalized spacial score (nSPS) is 10.3. The number of hydrogen-bond donors (Lipinski definition) is 4. The molecule has 0 fully saturated rings. The number of aliphatic hydroxyl groups is 3. The van der Waals surface area contributed by atoms with Crippen LogP contribution in [0.4, 0.5) is 0 Å². The van der Waals surface area contributed by atoms with Crippen LogP contribution in [0.1, 0.15) is 13.3 Å². The smallest absolute Gasteiger partial charge is 0.277 e. The van der Waals surface area contributed by atoms with Crippen LogP contribution < -0.4 is 0 Å². The first-order valence-electron chi connectivity index (χ1n) is 3.33. The van der Waals surface area contributed by atoms with Crippen molar-refractivity contribution in [1.82, 2.24) is 0 Å². The van der Waals surface area contributed by atoms with Gasteiger partial charge in [0.15, 0.2) is 0 Å². The molecule has 5 heteroatoms. The Bertz CT molecular complexity index is 57.5. The third kappa shape index (κ3) is 4.37. The third-order valence-electron chi connectivity index (χ3n) is 1.76. The van der Waals surface area contributed by atoms with Gasteiger partial charge in [0.25, 0.3) is 8.05 Å². The molecule has 0 unspecified atom stereocenters. The van der Waals surface area contributed by atoms with Crippen LogP contribution in [0.5, 0.6) is 0 Å². The van der Waals surface area contributed by atoms with E-state index < -0.39 is 5.41 Å². The Morgan fingerprint density at radius 3 is 1.27 bits per heavy atom. The lowest BCUT2D eigenvalue weighted by atomic mass is 9.88. The summed E-state index contributed by atoms with van der Waals surface area (Å²) < 4.78 is 0. The summed E-state index contributed by atoms with van der Waals surface area (Å²) in [6.07, 6.45) is 0.594. The van der Waals surface area contributed by atoms with Crippen molar-refractivity contribution in [1.29, 1.82) is 0 Å². The van der Waals surface area contributed by atoms with Crippen molar-refractivity contribution < 1.29 is 20.3 Å². The van der Waals surface area contributed by atoms with Gasteiger partial charge in [0.2, 0.25) is 0 Å². The summed E-state index contributed by atoms with van der Waals surface area (Å²) in [6.45, 7) is 1.35. The van der Waals surface area contributed by atoms with E-state index in [1.165, 1.54) is 0 Å². The quantitative estimate of drug-likeness (QED) is 0.376. The predicted octanol–water partition coefficient (Wildman–Crippen LogP) is -1.58. The second-order valence-corrected chi connectivity index (χ2v) is 2.33. The van der Waals surface area contributed by atoms with Crippen molar-refractivity contribution in [2.75, 3.05) is 19.8 Å². The van der Waals surface area contributed by atoms with Gasteiger partial charge in [-0.1, -0.05) is 6.92 Å². The molecule has 4 nitrogen and oxygen atoms in total. The van der Waals surface area contributed by atoms with Gasteiger partial charge in [-0.2, -0.15) is 0 Å². The highest BCUT2D eigenvalue weighted by Gasteiger charge is 2.24. The van der Waals surface area contributed by atoms with E-state index >= 15 is 0 Å². The summed E-state index contributed by atoms with van der Waals surface area (Å²) in [5, 5.41) is 32.5. The van der Waals surface area contributed by atoms with Crippen molar-refractivity contribution >= 4 is 8.05 Å². The van der Waals surface area contributed by atoms with Crippen LogP contribution in [0.15, 0.2) is 0 Å². The lowest BCUT2D eigenvalue weighted by Gasteiger charge is -2.24. The standard InChI is InChI=1S/C6H14O3.BHO/c1-2-6(3-7,4-8)5-9;1-2/h7-9H,2-5H2,1H3;2H. The van der Waals surface area contributed by atoms with Gasteiger partial charge in [0.05, 0.1) is 19.8 Å². The van der Waals surface area contributed by atoms with Crippen LogP contribution in [0.2, 0.25) is 0 Å². The highest BCUT2D eigenvalue weighted by Crippen LogP contribution is 2.18. The molecular weight excluding hydrogens is 147 g/mol. The van der Waals surface area contributed by atoms with Gasteiger partial charge in [-0.05, 0) is 6.42 Å². The second kappa shape index (κ2) is 8.01. The van der Waals surface area contributed by atoms with Gasteiger partial charge in [-0.25, -0.2) is 0 Å². The first kappa shape index (κ1) is 13.5. The molecular formula is C6H15BO4. The summed E-state index contributed by atoms with van der Waals surface area (Å²) in [7, 11) is 3.50. The molecule has 0 spiro atoms. The van der Waals surface area contributed by atoms with E-state index in [1.54, 1.807) is 0 Å². The fourth-order valence-electron chi connectivity index (χ4n) is 0.485. The van der Waals surface area contributed by atoms with Crippen LogP contribution in [-0.2, 0) is 0 Å². The molecule has 0 saturated carbocycles. The minimum absolute atomic E-state index is 0.156. The van der Waals surface area contributed by atoms with Gasteiger partial charge in [0, 0.05) is 5.41 Å². The zero-order chi connectivity index (χ0) is 9.33. The highest BCUT2D eigenvalue weighted by molar-refractivity contribution is 5.95. The zero-order valence-corrected chi connectivity index (χ0v) is 6.69. The van der Waals surface area contributed by atoms with Crippen molar-refractivity contribution in [2.45, 2.75) is 13.3 Å². The third-order valence-corrected chi connectivity index (χ3v) is 1.76. The van der Waals surface area contributed by atoms with E-state index in [0.29, 0.717) is 6.42 Å². The summed E-state index contributed by atoms with van der Waals surface area (Å²) in [5.41, 5.74) is -0.667. The minimum Gasteiger partial charge on any atom is -0.461 e. The monoisotopic (exact) mass is 162 g/mol. The summed E-state index contributed by atoms with van der Waals surface area (Å²) >= 11 is 0. The first-order chi connectivity index (χ1) is 5.24. The molecule has 0 aromatic heterocycles. The van der Waals surface area contributed by atoms with E-state index in [-0.39, 0.29) is 19.8 Å². The Labute approximate surface area is 67.9 Å². The fraction of sp³-hybridized carbons (Fsp3) is 1.00. The second-order valence-electron chi connectivity index (χ2n) is 2.33. The Morgan fingerprint density at radius 2 is 1.27 bits per heavy atom. The molecule has 0 rings (SSSR count). The minimum atomic E-state index is -0.667. The molecule has 0 aromatic carbocycles. The molecule has 4 N–H and O–H groups in total. The molecule has 0 aliphatic carbocycles. The van der Waals surface area contributed by atoms with Crippen molar-refractivity contribution in [3.05, 3.63) is 0 Å². The Kier molecular flexibility index (Phi) is 9.82. The van der Waals surface area contributed by atoms with Crippen molar-refractivity contribution in [3.8, 4) is 0 Å². The number of aliphatic hydroxyl groups excluding tert-OH is 3. The Hall–Kier alpha value is -0.0951. The van der Waals surface area contributed by atoms with Crippen LogP contribution in [0.3, 0.4) is 0 Å². The lowest BCUT2D eigenvalue weighted by molar-refractivity contribution is 0.00304. The maximum Gasteiger partial charge on any atom is 0.277 e. The molecule has 0 amide bonds. The van der Waals surface area contributed by atoms with Crippen LogP contribution >= 0.6 is 0 Å². The van der Waals surface area contributed by atoms with Crippen LogP contribution in [-0.4, -0.2) is 48.2 Å². The molecule has 0 bridgehead atoms. The van der Waals surface area contributed by atoms with E-state index in [2.05, 4.69) is 8.05 Å². The maximum atomic E-state index is 8.66. The van der Waals surface area contributed by atoms with Gasteiger partial charge < -0.3 is 20.3 Å². The fourth-order valence-corrected chi connectivity index (χ4v) is 0.485. The van der Waals surface area contributed by atoms with Gasteiger partial charge in [0.1, 0.15) is 0 Å². The van der Waals surface area contributed by atoms with Crippen molar-refractivity contribution in [2.24, 2.45) is 5.41 Å². The topological polar surface area (TPSA) is 80.9 Å². The van der Waals surface area contributed by atoms with E-state index in [1.807, 2.05) is 6.92 Å². The molecule has 0 aliphatic rings. The molecule has 11 heavy (non-hydrogen) atoms. The van der Waals surface area contributed by atoms with Crippen molar-refractivity contribution in [3.63, 3.8) is 0 Å². The van der Waals surface area contributed by atoms with Gasteiger partial charge in [-0.15, -0.1) is 0 Å². The zero-order valence-electron chi connectivity index (χ0n) is 6.69. The van der Waals surface area contributed by atoms with E-state index in [9.17, 15) is 0 Å². The van der Waals surface area contributed by atoms with Gasteiger partial charge in [-0.3, -0.25) is 0 Å². The number of rotatable bonds is 4. The highest BCUT2D eigenvalue weighted by atomic mass is 16.3. The molecule has 66 valence electrons. The first-order valence-corrected chi connectivity index (χ1v) is 3.33.